The van der Waals surface area contributed by atoms with Crippen molar-refractivity contribution in [1.29, 1.82) is 0 Å². The average Bonchev–Trinajstić information content (AvgIpc) is 3.20. The van der Waals surface area contributed by atoms with E-state index >= 15 is 0 Å². The maximum atomic E-state index is 13.9. The quantitative estimate of drug-likeness (QED) is 0.672. The van der Waals surface area contributed by atoms with Crippen molar-refractivity contribution in [1.82, 2.24) is 10.6 Å². The third-order valence-electron chi connectivity index (χ3n) is 3.99. The molecule has 1 atom stereocenters. The van der Waals surface area contributed by atoms with Crippen LogP contribution in [0.4, 0.5) is 9.18 Å². The van der Waals surface area contributed by atoms with E-state index in [1.54, 1.807) is 24.4 Å². The Labute approximate surface area is 174 Å². The number of halogens is 2. The summed E-state index contributed by atoms with van der Waals surface area (Å²) in [5.74, 6) is -2.54. The molecular formula is C19H16ClFN2O5S. The van der Waals surface area contributed by atoms with Crippen LogP contribution < -0.4 is 10.6 Å². The van der Waals surface area contributed by atoms with Gasteiger partial charge < -0.3 is 20.1 Å². The van der Waals surface area contributed by atoms with E-state index in [0.29, 0.717) is 4.88 Å². The normalized spacial score (nSPS) is 16.1. The van der Waals surface area contributed by atoms with Crippen molar-refractivity contribution in [2.24, 2.45) is 0 Å². The largest absolute Gasteiger partial charge is 0.463 e. The van der Waals surface area contributed by atoms with Crippen LogP contribution in [0.25, 0.3) is 0 Å². The van der Waals surface area contributed by atoms with E-state index in [9.17, 15) is 18.8 Å². The van der Waals surface area contributed by atoms with Crippen molar-refractivity contribution < 1.29 is 28.2 Å². The monoisotopic (exact) mass is 438 g/mol. The molecule has 7 nitrogen and oxygen atoms in total. The molecule has 0 bridgehead atoms. The van der Waals surface area contributed by atoms with E-state index in [-0.39, 0.29) is 22.9 Å². The average molecular weight is 439 g/mol. The molecule has 29 heavy (non-hydrogen) atoms. The third-order valence-corrected chi connectivity index (χ3v) is 5.24. The predicted octanol–water partition coefficient (Wildman–Crippen LogP) is 3.57. The van der Waals surface area contributed by atoms with Crippen LogP contribution in [0.3, 0.4) is 0 Å². The number of hydrogen-bond donors (Lipinski definition) is 2. The Hall–Kier alpha value is -2.91. The molecule has 1 aromatic carbocycles. The second kappa shape index (κ2) is 9.06. The van der Waals surface area contributed by atoms with Crippen LogP contribution in [0.5, 0.6) is 0 Å². The Bertz CT molecular complexity index is 957. The summed E-state index contributed by atoms with van der Waals surface area (Å²) in [6.45, 7) is 1.28. The fraction of sp³-hybridized carbons (Fsp3) is 0.211. The molecule has 0 saturated heterocycles. The van der Waals surface area contributed by atoms with Gasteiger partial charge in [-0.2, -0.15) is 0 Å². The minimum absolute atomic E-state index is 0.0476. The first-order valence-electron chi connectivity index (χ1n) is 8.54. The second-order valence-corrected chi connectivity index (χ2v) is 7.22. The van der Waals surface area contributed by atoms with Gasteiger partial charge in [-0.25, -0.2) is 18.8 Å². The number of ether oxygens (including phenoxy) is 2. The summed E-state index contributed by atoms with van der Waals surface area (Å²) in [6, 6.07) is 5.96. The highest BCUT2D eigenvalue weighted by Crippen LogP contribution is 2.31. The summed E-state index contributed by atoms with van der Waals surface area (Å²) >= 11 is 7.21. The lowest BCUT2D eigenvalue weighted by atomic mass is 10.0. The zero-order chi connectivity index (χ0) is 21.0. The highest BCUT2D eigenvalue weighted by atomic mass is 35.5. The van der Waals surface area contributed by atoms with Crippen LogP contribution in [0.1, 0.15) is 28.2 Å². The van der Waals surface area contributed by atoms with Gasteiger partial charge in [-0.3, -0.25) is 0 Å². The third kappa shape index (κ3) is 4.57. The van der Waals surface area contributed by atoms with Crippen molar-refractivity contribution >= 4 is 40.9 Å². The number of urea groups is 1. The van der Waals surface area contributed by atoms with E-state index in [2.05, 4.69) is 10.6 Å². The first-order valence-corrected chi connectivity index (χ1v) is 9.80. The number of thiophene rings is 1. The lowest BCUT2D eigenvalue weighted by Crippen LogP contribution is -2.47. The van der Waals surface area contributed by atoms with Crippen LogP contribution in [-0.4, -0.2) is 31.2 Å². The molecule has 0 unspecified atom stereocenters. The van der Waals surface area contributed by atoms with Crippen molar-refractivity contribution in [3.05, 3.63) is 68.3 Å². The van der Waals surface area contributed by atoms with Crippen molar-refractivity contribution in [3.8, 4) is 0 Å². The number of carbonyl (C=O) groups excluding carboxylic acids is 3. The van der Waals surface area contributed by atoms with Gasteiger partial charge in [-0.15, -0.1) is 11.3 Å². The topological polar surface area (TPSA) is 93.7 Å². The molecule has 0 spiro atoms. The van der Waals surface area contributed by atoms with Gasteiger partial charge in [0.15, 0.2) is 0 Å². The summed E-state index contributed by atoms with van der Waals surface area (Å²) in [5.41, 5.74) is -0.282. The van der Waals surface area contributed by atoms with E-state index in [4.69, 9.17) is 21.1 Å². The number of nitrogens with one attached hydrogen (secondary N) is 2. The first kappa shape index (κ1) is 20.8. The Morgan fingerprint density at radius 1 is 1.21 bits per heavy atom. The van der Waals surface area contributed by atoms with Crippen molar-refractivity contribution in [2.45, 2.75) is 13.0 Å². The number of amides is 2. The highest BCUT2D eigenvalue weighted by molar-refractivity contribution is 7.10. The molecule has 2 N–H and O–H groups in total. The molecule has 1 aromatic heterocycles. The molecule has 2 amide bonds. The second-order valence-electron chi connectivity index (χ2n) is 5.83. The van der Waals surface area contributed by atoms with E-state index in [1.807, 2.05) is 0 Å². The summed E-state index contributed by atoms with van der Waals surface area (Å²) in [7, 11) is 0. The molecule has 0 aliphatic carbocycles. The zero-order valence-corrected chi connectivity index (χ0v) is 16.7. The highest BCUT2D eigenvalue weighted by Gasteiger charge is 2.35. The van der Waals surface area contributed by atoms with Gasteiger partial charge >= 0.3 is 18.0 Å². The molecule has 152 valence electrons. The predicted molar refractivity (Wildman–Crippen MR) is 104 cm³/mol. The van der Waals surface area contributed by atoms with Gasteiger partial charge in [0.2, 0.25) is 0 Å². The standard InChI is InChI=1S/C19H16ClFN2O5S/c1-2-27-18(25)15-12(22-19(26)23-16(15)13-7-4-8-29-13)9-28-17(24)14-10(20)5-3-6-11(14)21/h3-8,16H,2,9H2,1H3,(H2,22,23,26)/t16-/m0/s1. The van der Waals surface area contributed by atoms with Gasteiger partial charge in [0.25, 0.3) is 0 Å². The minimum atomic E-state index is -1.02. The maximum absolute atomic E-state index is 13.9. The number of benzene rings is 1. The SMILES string of the molecule is CCOC(=O)C1=C(COC(=O)c2c(F)cccc2Cl)NC(=O)N[C@H]1c1cccs1. The van der Waals surface area contributed by atoms with Crippen molar-refractivity contribution in [2.75, 3.05) is 13.2 Å². The van der Waals surface area contributed by atoms with E-state index in [1.165, 1.54) is 23.5 Å². The van der Waals surface area contributed by atoms with Crippen LogP contribution in [-0.2, 0) is 14.3 Å². The number of esters is 2. The molecule has 10 heteroatoms. The minimum Gasteiger partial charge on any atom is -0.463 e. The fourth-order valence-corrected chi connectivity index (χ4v) is 3.78. The Balaban J connectivity index is 1.92. The molecular weight excluding hydrogens is 423 g/mol. The van der Waals surface area contributed by atoms with Gasteiger partial charge in [0, 0.05) is 4.88 Å². The Morgan fingerprint density at radius 2 is 2.00 bits per heavy atom. The van der Waals surface area contributed by atoms with Crippen LogP contribution in [0.15, 0.2) is 47.0 Å². The molecule has 0 fully saturated rings. The number of rotatable bonds is 6. The maximum Gasteiger partial charge on any atom is 0.343 e. The molecule has 1 aliphatic heterocycles. The van der Waals surface area contributed by atoms with Gasteiger partial charge in [0.05, 0.1) is 28.9 Å². The lowest BCUT2D eigenvalue weighted by Gasteiger charge is -2.28. The lowest BCUT2D eigenvalue weighted by molar-refractivity contribution is -0.139. The first-order chi connectivity index (χ1) is 13.9. The van der Waals surface area contributed by atoms with Crippen LogP contribution in [0.2, 0.25) is 5.02 Å². The smallest absolute Gasteiger partial charge is 0.343 e. The molecule has 2 aromatic rings. The fourth-order valence-electron chi connectivity index (χ4n) is 2.75. The zero-order valence-electron chi connectivity index (χ0n) is 15.2. The van der Waals surface area contributed by atoms with Crippen molar-refractivity contribution in [3.63, 3.8) is 0 Å². The summed E-state index contributed by atoms with van der Waals surface area (Å²) < 4.78 is 24.2. The molecule has 0 radical (unpaired) electrons. The van der Waals surface area contributed by atoms with E-state index < -0.39 is 42.0 Å². The van der Waals surface area contributed by atoms with E-state index in [0.717, 1.165) is 6.07 Å². The summed E-state index contributed by atoms with van der Waals surface area (Å²) in [4.78, 5) is 37.7. The molecule has 0 saturated carbocycles. The van der Waals surface area contributed by atoms with Gasteiger partial charge in [-0.05, 0) is 30.5 Å². The van der Waals surface area contributed by atoms with Gasteiger partial charge in [0.1, 0.15) is 18.0 Å². The van der Waals surface area contributed by atoms with Gasteiger partial charge in [-0.1, -0.05) is 23.7 Å². The molecule has 1 aliphatic rings. The summed E-state index contributed by atoms with van der Waals surface area (Å²) in [5, 5.41) is 6.81. The molecule has 3 rings (SSSR count). The molecule has 2 heterocycles. The summed E-state index contributed by atoms with van der Waals surface area (Å²) in [6.07, 6.45) is 0. The Morgan fingerprint density at radius 3 is 2.66 bits per heavy atom. The van der Waals surface area contributed by atoms with Crippen LogP contribution in [0, 0.1) is 5.82 Å². The van der Waals surface area contributed by atoms with Crippen LogP contribution >= 0.6 is 22.9 Å². The Kier molecular flexibility index (Phi) is 6.50. The number of carbonyl (C=O) groups is 3. The number of hydrogen-bond acceptors (Lipinski definition) is 6.